The highest BCUT2D eigenvalue weighted by atomic mass is 16.2. The molecule has 0 atom stereocenters. The van der Waals surface area contributed by atoms with Crippen molar-refractivity contribution in [3.05, 3.63) is 46.8 Å². The van der Waals surface area contributed by atoms with E-state index in [2.05, 4.69) is 24.3 Å². The molecular weight excluding hydrogens is 302 g/mol. The summed E-state index contributed by atoms with van der Waals surface area (Å²) in [5.74, 6) is -0.152. The fourth-order valence-corrected chi connectivity index (χ4v) is 2.76. The summed E-state index contributed by atoms with van der Waals surface area (Å²) in [5, 5.41) is 7.20. The minimum Gasteiger partial charge on any atom is -0.326 e. The van der Waals surface area contributed by atoms with Gasteiger partial charge in [0.2, 0.25) is 5.91 Å². The lowest BCUT2D eigenvalue weighted by atomic mass is 10.1. The number of amides is 1. The number of hydrogen-bond donors (Lipinski definition) is 1. The Hall–Kier alpha value is -2.43. The summed E-state index contributed by atoms with van der Waals surface area (Å²) in [6, 6.07) is 6.95. The van der Waals surface area contributed by atoms with Gasteiger partial charge in [-0.15, -0.1) is 0 Å². The minimum absolute atomic E-state index is 0.00191. The van der Waals surface area contributed by atoms with E-state index >= 15 is 0 Å². The zero-order valence-electron chi connectivity index (χ0n) is 14.8. The molecule has 0 saturated heterocycles. The summed E-state index contributed by atoms with van der Waals surface area (Å²) in [6.07, 6.45) is 3.24. The van der Waals surface area contributed by atoms with Gasteiger partial charge in [0.15, 0.2) is 0 Å². The Morgan fingerprint density at radius 3 is 2.33 bits per heavy atom. The van der Waals surface area contributed by atoms with Crippen molar-refractivity contribution in [2.45, 2.75) is 53.4 Å². The smallest absolute Gasteiger partial charge is 0.278 e. The Morgan fingerprint density at radius 1 is 1.12 bits per heavy atom. The van der Waals surface area contributed by atoms with Crippen LogP contribution in [0.5, 0.6) is 0 Å². The zero-order chi connectivity index (χ0) is 17.7. The highest BCUT2D eigenvalue weighted by Crippen LogP contribution is 2.17. The van der Waals surface area contributed by atoms with Crippen LogP contribution in [0.2, 0.25) is 0 Å². The standard InChI is InChI=1S/C19H25N3O2/c1-5-7-8-18(23)20-16-11-9-15(10-12-16)19(24)22-14(4)17(6-2)13(3)21-22/h9-12H,5-8H2,1-4H3,(H,20,23). The third-order valence-corrected chi connectivity index (χ3v) is 4.16. The van der Waals surface area contributed by atoms with Crippen LogP contribution in [-0.2, 0) is 11.2 Å². The SMILES string of the molecule is CCCCC(=O)Nc1ccc(C(=O)n2nc(C)c(CC)c2C)cc1. The van der Waals surface area contributed by atoms with Gasteiger partial charge in [-0.3, -0.25) is 9.59 Å². The molecule has 0 spiro atoms. The summed E-state index contributed by atoms with van der Waals surface area (Å²) in [4.78, 5) is 24.4. The maximum Gasteiger partial charge on any atom is 0.278 e. The van der Waals surface area contributed by atoms with Crippen molar-refractivity contribution in [1.29, 1.82) is 0 Å². The molecule has 24 heavy (non-hydrogen) atoms. The van der Waals surface area contributed by atoms with Crippen LogP contribution in [0.15, 0.2) is 24.3 Å². The van der Waals surface area contributed by atoms with Crippen molar-refractivity contribution in [3.63, 3.8) is 0 Å². The maximum absolute atomic E-state index is 12.6. The zero-order valence-corrected chi connectivity index (χ0v) is 14.8. The minimum atomic E-state index is -0.154. The molecular formula is C19H25N3O2. The molecule has 2 rings (SSSR count). The van der Waals surface area contributed by atoms with Gasteiger partial charge < -0.3 is 5.32 Å². The van der Waals surface area contributed by atoms with E-state index in [1.165, 1.54) is 4.68 Å². The molecule has 1 N–H and O–H groups in total. The first-order valence-electron chi connectivity index (χ1n) is 8.47. The van der Waals surface area contributed by atoms with Gasteiger partial charge >= 0.3 is 0 Å². The third-order valence-electron chi connectivity index (χ3n) is 4.16. The highest BCUT2D eigenvalue weighted by molar-refractivity contribution is 5.97. The van der Waals surface area contributed by atoms with Crippen LogP contribution in [0.4, 0.5) is 5.69 Å². The van der Waals surface area contributed by atoms with Gasteiger partial charge in [-0.05, 0) is 56.5 Å². The van der Waals surface area contributed by atoms with E-state index in [4.69, 9.17) is 0 Å². The highest BCUT2D eigenvalue weighted by Gasteiger charge is 2.16. The van der Waals surface area contributed by atoms with Crippen molar-refractivity contribution < 1.29 is 9.59 Å². The molecule has 0 aliphatic carbocycles. The van der Waals surface area contributed by atoms with Gasteiger partial charge in [0.25, 0.3) is 5.91 Å². The molecule has 128 valence electrons. The second kappa shape index (κ2) is 7.90. The molecule has 0 aliphatic heterocycles. The summed E-state index contributed by atoms with van der Waals surface area (Å²) in [6.45, 7) is 7.95. The normalized spacial score (nSPS) is 10.7. The average molecular weight is 327 g/mol. The fourth-order valence-electron chi connectivity index (χ4n) is 2.76. The van der Waals surface area contributed by atoms with Crippen LogP contribution >= 0.6 is 0 Å². The largest absolute Gasteiger partial charge is 0.326 e. The predicted molar refractivity (Wildman–Crippen MR) is 95.4 cm³/mol. The molecule has 2 aromatic rings. The molecule has 5 nitrogen and oxygen atoms in total. The van der Waals surface area contributed by atoms with E-state index in [0.29, 0.717) is 17.7 Å². The lowest BCUT2D eigenvalue weighted by Gasteiger charge is -2.07. The van der Waals surface area contributed by atoms with Gasteiger partial charge in [0, 0.05) is 23.4 Å². The van der Waals surface area contributed by atoms with Gasteiger partial charge in [0.1, 0.15) is 0 Å². The van der Waals surface area contributed by atoms with E-state index in [0.717, 1.165) is 36.2 Å². The van der Waals surface area contributed by atoms with Gasteiger partial charge in [-0.2, -0.15) is 5.10 Å². The number of carbonyl (C=O) groups excluding carboxylic acids is 2. The van der Waals surface area contributed by atoms with Crippen LogP contribution in [0.3, 0.4) is 0 Å². The van der Waals surface area contributed by atoms with Crippen LogP contribution in [-0.4, -0.2) is 21.6 Å². The van der Waals surface area contributed by atoms with Crippen LogP contribution in [0, 0.1) is 13.8 Å². The van der Waals surface area contributed by atoms with Crippen molar-refractivity contribution in [3.8, 4) is 0 Å². The summed E-state index contributed by atoms with van der Waals surface area (Å²) < 4.78 is 1.46. The molecule has 5 heteroatoms. The van der Waals surface area contributed by atoms with Crippen LogP contribution in [0.1, 0.15) is 60.4 Å². The van der Waals surface area contributed by atoms with E-state index in [1.807, 2.05) is 13.8 Å². The number of hydrogen-bond acceptors (Lipinski definition) is 3. The lowest BCUT2D eigenvalue weighted by Crippen LogP contribution is -2.16. The Bertz CT molecular complexity index is 730. The number of benzene rings is 1. The number of nitrogens with one attached hydrogen (secondary N) is 1. The Labute approximate surface area is 143 Å². The molecule has 0 radical (unpaired) electrons. The van der Waals surface area contributed by atoms with Crippen molar-refractivity contribution >= 4 is 17.5 Å². The molecule has 1 aromatic heterocycles. The number of unbranched alkanes of at least 4 members (excludes halogenated alkanes) is 1. The molecule has 1 amide bonds. The Balaban J connectivity index is 2.13. The predicted octanol–water partition coefficient (Wildman–Crippen LogP) is 3.88. The molecule has 0 aliphatic rings. The summed E-state index contributed by atoms with van der Waals surface area (Å²) in [5.41, 5.74) is 4.15. The number of aryl methyl sites for hydroxylation is 1. The molecule has 1 heterocycles. The van der Waals surface area contributed by atoms with E-state index in [1.54, 1.807) is 24.3 Å². The van der Waals surface area contributed by atoms with Gasteiger partial charge in [-0.25, -0.2) is 4.68 Å². The summed E-state index contributed by atoms with van der Waals surface area (Å²) >= 11 is 0. The first-order valence-corrected chi connectivity index (χ1v) is 8.47. The fraction of sp³-hybridized carbons (Fsp3) is 0.421. The van der Waals surface area contributed by atoms with E-state index in [9.17, 15) is 9.59 Å². The Kier molecular flexibility index (Phi) is 5.90. The monoisotopic (exact) mass is 327 g/mol. The van der Waals surface area contributed by atoms with Crippen molar-refractivity contribution in [2.75, 3.05) is 5.32 Å². The maximum atomic E-state index is 12.6. The van der Waals surface area contributed by atoms with Crippen LogP contribution < -0.4 is 5.32 Å². The number of nitrogens with zero attached hydrogens (tertiary/aromatic N) is 2. The third kappa shape index (κ3) is 3.91. The van der Waals surface area contributed by atoms with Gasteiger partial charge in [-0.1, -0.05) is 20.3 Å². The second-order valence-electron chi connectivity index (χ2n) is 5.95. The number of rotatable bonds is 6. The van der Waals surface area contributed by atoms with Gasteiger partial charge in [0.05, 0.1) is 5.69 Å². The summed E-state index contributed by atoms with van der Waals surface area (Å²) in [7, 11) is 0. The average Bonchev–Trinajstić information content (AvgIpc) is 2.87. The number of carbonyl (C=O) groups is 2. The quantitative estimate of drug-likeness (QED) is 0.875. The number of aromatic nitrogens is 2. The van der Waals surface area contributed by atoms with Crippen molar-refractivity contribution in [2.24, 2.45) is 0 Å². The Morgan fingerprint density at radius 2 is 1.79 bits per heavy atom. The lowest BCUT2D eigenvalue weighted by molar-refractivity contribution is -0.116. The first kappa shape index (κ1) is 17.9. The van der Waals surface area contributed by atoms with E-state index < -0.39 is 0 Å². The first-order chi connectivity index (χ1) is 11.5. The van der Waals surface area contributed by atoms with Crippen molar-refractivity contribution in [1.82, 2.24) is 9.78 Å². The molecule has 1 aromatic carbocycles. The van der Waals surface area contributed by atoms with E-state index in [-0.39, 0.29) is 11.8 Å². The molecule has 0 bridgehead atoms. The molecule has 0 fully saturated rings. The molecule has 0 unspecified atom stereocenters. The second-order valence-corrected chi connectivity index (χ2v) is 5.95. The topological polar surface area (TPSA) is 64.0 Å². The number of anilines is 1. The van der Waals surface area contributed by atoms with Crippen LogP contribution in [0.25, 0.3) is 0 Å². The molecule has 0 saturated carbocycles.